The topological polar surface area (TPSA) is 30.9 Å². The van der Waals surface area contributed by atoms with E-state index in [-0.39, 0.29) is 6.04 Å². The largest absolute Gasteiger partial charge is 0.497 e. The van der Waals surface area contributed by atoms with Gasteiger partial charge in [-0.1, -0.05) is 97.1 Å². The van der Waals surface area contributed by atoms with E-state index in [4.69, 9.17) is 14.2 Å². The molecular formula is C40H35NO3. The zero-order chi connectivity index (χ0) is 30.0. The fraction of sp³-hybridized carbons (Fsp3) is 0.150. The SMILES string of the molecule is COc1ccc(C2/C(=C3\C(c4ccccc4)=Cc4ccccc43)c3cc(OC)c(OC)cc3CN2Cc2ccccc2)cc1. The van der Waals surface area contributed by atoms with Gasteiger partial charge in [0.1, 0.15) is 5.75 Å². The first kappa shape index (κ1) is 27.8. The van der Waals surface area contributed by atoms with E-state index in [0.29, 0.717) is 0 Å². The molecule has 5 aromatic rings. The number of allylic oxidation sites excluding steroid dienone is 2. The van der Waals surface area contributed by atoms with Crippen molar-refractivity contribution in [2.45, 2.75) is 19.1 Å². The Balaban J connectivity index is 1.56. The summed E-state index contributed by atoms with van der Waals surface area (Å²) < 4.78 is 17.3. The summed E-state index contributed by atoms with van der Waals surface area (Å²) in [4.78, 5) is 2.58. The summed E-state index contributed by atoms with van der Waals surface area (Å²) in [5.41, 5.74) is 12.3. The van der Waals surface area contributed by atoms with Crippen LogP contribution >= 0.6 is 0 Å². The Labute approximate surface area is 259 Å². The van der Waals surface area contributed by atoms with Crippen LogP contribution in [-0.2, 0) is 13.1 Å². The van der Waals surface area contributed by atoms with Crippen molar-refractivity contribution in [3.63, 3.8) is 0 Å². The molecule has 0 aromatic heterocycles. The third-order valence-corrected chi connectivity index (χ3v) is 8.73. The predicted molar refractivity (Wildman–Crippen MR) is 179 cm³/mol. The van der Waals surface area contributed by atoms with Crippen molar-refractivity contribution in [3.05, 3.63) is 160 Å². The van der Waals surface area contributed by atoms with Gasteiger partial charge >= 0.3 is 0 Å². The fourth-order valence-electron chi connectivity index (χ4n) is 6.70. The molecule has 1 heterocycles. The highest BCUT2D eigenvalue weighted by Gasteiger charge is 2.37. The average Bonchev–Trinajstić information content (AvgIpc) is 3.47. The molecule has 1 atom stereocenters. The van der Waals surface area contributed by atoms with Crippen molar-refractivity contribution < 1.29 is 14.2 Å². The molecule has 1 aliphatic carbocycles. The second kappa shape index (κ2) is 11.9. The van der Waals surface area contributed by atoms with E-state index >= 15 is 0 Å². The van der Waals surface area contributed by atoms with E-state index in [9.17, 15) is 0 Å². The van der Waals surface area contributed by atoms with Crippen molar-refractivity contribution >= 4 is 22.8 Å². The lowest BCUT2D eigenvalue weighted by atomic mass is 9.78. The number of hydrogen-bond acceptors (Lipinski definition) is 4. The number of benzene rings is 5. The van der Waals surface area contributed by atoms with Gasteiger partial charge < -0.3 is 14.2 Å². The van der Waals surface area contributed by atoms with E-state index in [1.165, 1.54) is 55.7 Å². The third kappa shape index (κ3) is 4.97. The maximum Gasteiger partial charge on any atom is 0.161 e. The molecular weight excluding hydrogens is 542 g/mol. The summed E-state index contributed by atoms with van der Waals surface area (Å²) >= 11 is 0. The minimum Gasteiger partial charge on any atom is -0.497 e. The van der Waals surface area contributed by atoms with Crippen LogP contribution in [0.2, 0.25) is 0 Å². The summed E-state index contributed by atoms with van der Waals surface area (Å²) in [7, 11) is 5.13. The Hall–Kier alpha value is -5.06. The second-order valence-corrected chi connectivity index (χ2v) is 11.2. The van der Waals surface area contributed by atoms with E-state index in [0.717, 1.165) is 30.3 Å². The summed E-state index contributed by atoms with van der Waals surface area (Å²) in [6.45, 7) is 1.54. The van der Waals surface area contributed by atoms with E-state index in [1.54, 1.807) is 21.3 Å². The van der Waals surface area contributed by atoms with Gasteiger partial charge in [-0.2, -0.15) is 0 Å². The molecule has 0 spiro atoms. The van der Waals surface area contributed by atoms with E-state index < -0.39 is 0 Å². The average molecular weight is 578 g/mol. The quantitative estimate of drug-likeness (QED) is 0.193. The second-order valence-electron chi connectivity index (χ2n) is 11.2. The number of hydrogen-bond donors (Lipinski definition) is 0. The Kier molecular flexibility index (Phi) is 7.51. The van der Waals surface area contributed by atoms with Crippen LogP contribution < -0.4 is 14.2 Å². The normalized spacial score (nSPS) is 17.4. The van der Waals surface area contributed by atoms with Crippen molar-refractivity contribution in [2.24, 2.45) is 0 Å². The van der Waals surface area contributed by atoms with Gasteiger partial charge in [-0.15, -0.1) is 0 Å². The first-order valence-electron chi connectivity index (χ1n) is 15.0. The van der Waals surface area contributed by atoms with Crippen LogP contribution in [0.3, 0.4) is 0 Å². The monoisotopic (exact) mass is 577 g/mol. The Morgan fingerprint density at radius 1 is 0.659 bits per heavy atom. The molecule has 1 aliphatic heterocycles. The van der Waals surface area contributed by atoms with Gasteiger partial charge in [-0.25, -0.2) is 0 Å². The highest BCUT2D eigenvalue weighted by Crippen LogP contribution is 2.54. The molecule has 4 heteroatoms. The maximum absolute atomic E-state index is 5.90. The van der Waals surface area contributed by atoms with E-state index in [1.807, 2.05) is 0 Å². The standard InChI is InChI=1S/C40H35NO3/c1-42-32-20-18-29(19-21-32)40-39(38-33-17-11-10-16-30(33)22-34(38)28-14-8-5-9-15-28)35-24-37(44-3)36(43-2)23-31(35)26-41(40)25-27-12-6-4-7-13-27/h4-24,40H,25-26H2,1-3H3/b39-38-. The Bertz CT molecular complexity index is 1860. The van der Waals surface area contributed by atoms with Gasteiger partial charge in [0.25, 0.3) is 0 Å². The van der Waals surface area contributed by atoms with Gasteiger partial charge in [0.15, 0.2) is 11.5 Å². The van der Waals surface area contributed by atoms with Crippen LogP contribution in [0.4, 0.5) is 0 Å². The summed E-state index contributed by atoms with van der Waals surface area (Å²) in [6, 6.07) is 43.0. The van der Waals surface area contributed by atoms with Crippen LogP contribution in [0.1, 0.15) is 45.0 Å². The lowest BCUT2D eigenvalue weighted by molar-refractivity contribution is 0.210. The molecule has 0 N–H and O–H groups in total. The van der Waals surface area contributed by atoms with Gasteiger partial charge in [0.05, 0.1) is 27.4 Å². The molecule has 0 radical (unpaired) electrons. The van der Waals surface area contributed by atoms with Crippen molar-refractivity contribution in [1.82, 2.24) is 4.90 Å². The lowest BCUT2D eigenvalue weighted by Crippen LogP contribution is -2.34. The van der Waals surface area contributed by atoms with Crippen molar-refractivity contribution in [1.29, 1.82) is 0 Å². The highest BCUT2D eigenvalue weighted by atomic mass is 16.5. The van der Waals surface area contributed by atoms with E-state index in [2.05, 4.69) is 132 Å². The molecule has 0 fully saturated rings. The molecule has 5 aromatic carbocycles. The van der Waals surface area contributed by atoms with Crippen LogP contribution in [0, 0.1) is 0 Å². The summed E-state index contributed by atoms with van der Waals surface area (Å²) in [5.74, 6) is 2.31. The van der Waals surface area contributed by atoms with Gasteiger partial charge in [-0.3, -0.25) is 4.90 Å². The minimum atomic E-state index is -0.0417. The van der Waals surface area contributed by atoms with Crippen LogP contribution in [-0.4, -0.2) is 26.2 Å². The number of fused-ring (bicyclic) bond motifs is 2. The molecule has 1 unspecified atom stereocenters. The molecule has 2 aliphatic rings. The number of nitrogens with zero attached hydrogens (tertiary/aromatic N) is 1. The predicted octanol–water partition coefficient (Wildman–Crippen LogP) is 8.93. The van der Waals surface area contributed by atoms with Gasteiger partial charge in [0, 0.05) is 13.1 Å². The molecule has 4 nitrogen and oxygen atoms in total. The lowest BCUT2D eigenvalue weighted by Gasteiger charge is -2.41. The van der Waals surface area contributed by atoms with Gasteiger partial charge in [0.2, 0.25) is 0 Å². The van der Waals surface area contributed by atoms with Crippen LogP contribution in [0.15, 0.2) is 121 Å². The summed E-state index contributed by atoms with van der Waals surface area (Å²) in [6.07, 6.45) is 2.34. The zero-order valence-corrected chi connectivity index (χ0v) is 25.3. The molecule has 0 saturated carbocycles. The van der Waals surface area contributed by atoms with Crippen molar-refractivity contribution in [3.8, 4) is 17.2 Å². The molecule has 0 bridgehead atoms. The first-order valence-corrected chi connectivity index (χ1v) is 15.0. The number of ether oxygens (including phenoxy) is 3. The molecule has 7 rings (SSSR count). The van der Waals surface area contributed by atoms with Crippen LogP contribution in [0.25, 0.3) is 22.8 Å². The summed E-state index contributed by atoms with van der Waals surface area (Å²) in [5, 5.41) is 0. The third-order valence-electron chi connectivity index (χ3n) is 8.73. The first-order chi connectivity index (χ1) is 21.7. The Morgan fingerprint density at radius 2 is 1.32 bits per heavy atom. The smallest absolute Gasteiger partial charge is 0.161 e. The number of rotatable bonds is 7. The molecule has 218 valence electrons. The molecule has 0 amide bonds. The number of methoxy groups -OCH3 is 3. The fourth-order valence-corrected chi connectivity index (χ4v) is 6.70. The Morgan fingerprint density at radius 3 is 2.02 bits per heavy atom. The van der Waals surface area contributed by atoms with Crippen molar-refractivity contribution in [2.75, 3.05) is 21.3 Å². The maximum atomic E-state index is 5.90. The molecule has 44 heavy (non-hydrogen) atoms. The molecule has 0 saturated heterocycles. The van der Waals surface area contributed by atoms with Crippen LogP contribution in [0.5, 0.6) is 17.2 Å². The minimum absolute atomic E-state index is 0.0417. The zero-order valence-electron chi connectivity index (χ0n) is 25.3. The van der Waals surface area contributed by atoms with Gasteiger partial charge in [-0.05, 0) is 86.0 Å². The highest BCUT2D eigenvalue weighted by molar-refractivity contribution is 6.24.